The molecule has 0 N–H and O–H groups in total. The van der Waals surface area contributed by atoms with Crippen LogP contribution >= 0.6 is 25.3 Å². The Labute approximate surface area is 76.4 Å². The van der Waals surface area contributed by atoms with Crippen molar-refractivity contribution in [2.24, 2.45) is 0 Å². The Morgan fingerprint density at radius 2 is 0.750 bits per heavy atom. The number of hydrogen-bond donors (Lipinski definition) is 2. The smallest absolute Gasteiger partial charge is 0.176 e. The highest BCUT2D eigenvalue weighted by molar-refractivity contribution is 7.80. The lowest BCUT2D eigenvalue weighted by molar-refractivity contribution is 0.402. The van der Waals surface area contributed by atoms with Crippen molar-refractivity contribution in [3.63, 3.8) is 0 Å². The van der Waals surface area contributed by atoms with E-state index in [1.807, 2.05) is 0 Å². The fraction of sp³-hybridized carbons (Fsp3) is 0. The number of rotatable bonds is 0. The van der Waals surface area contributed by atoms with Crippen molar-refractivity contribution >= 4 is 25.3 Å². The van der Waals surface area contributed by atoms with Crippen molar-refractivity contribution in [2.75, 3.05) is 0 Å². The largest absolute Gasteiger partial charge is 0.202 e. The monoisotopic (exact) mass is 214 g/mol. The van der Waals surface area contributed by atoms with E-state index in [1.165, 1.54) is 0 Å². The molecule has 6 heteroatoms. The van der Waals surface area contributed by atoms with E-state index in [0.717, 1.165) is 0 Å². The van der Waals surface area contributed by atoms with Crippen LogP contribution in [-0.4, -0.2) is 0 Å². The van der Waals surface area contributed by atoms with Crippen molar-refractivity contribution < 1.29 is 17.6 Å². The molecule has 66 valence electrons. The molecule has 0 nitrogen and oxygen atoms in total. The SMILES string of the molecule is Fc1c(F)c(S)c(F)c(F)c1S. The molecule has 12 heavy (non-hydrogen) atoms. The van der Waals surface area contributed by atoms with E-state index in [-0.39, 0.29) is 0 Å². The van der Waals surface area contributed by atoms with E-state index >= 15 is 0 Å². The molecule has 0 atom stereocenters. The topological polar surface area (TPSA) is 0 Å². The van der Waals surface area contributed by atoms with E-state index in [0.29, 0.717) is 0 Å². The van der Waals surface area contributed by atoms with Gasteiger partial charge in [0, 0.05) is 0 Å². The molecular weight excluding hydrogens is 212 g/mol. The Balaban J connectivity index is 3.60. The number of thiol groups is 2. The van der Waals surface area contributed by atoms with Crippen molar-refractivity contribution in [2.45, 2.75) is 9.79 Å². The first-order valence-electron chi connectivity index (χ1n) is 2.70. The third kappa shape index (κ3) is 1.29. The fourth-order valence-corrected chi connectivity index (χ4v) is 1.00. The average molecular weight is 214 g/mol. The normalized spacial score (nSPS) is 10.5. The molecule has 0 radical (unpaired) electrons. The summed E-state index contributed by atoms with van der Waals surface area (Å²) in [6.45, 7) is 0. The van der Waals surface area contributed by atoms with Gasteiger partial charge in [0.15, 0.2) is 23.3 Å². The number of benzene rings is 1. The first kappa shape index (κ1) is 9.73. The molecule has 0 bridgehead atoms. The maximum absolute atomic E-state index is 12.5. The van der Waals surface area contributed by atoms with E-state index < -0.39 is 33.1 Å². The maximum atomic E-state index is 12.5. The summed E-state index contributed by atoms with van der Waals surface area (Å²) in [6.07, 6.45) is 0. The quantitative estimate of drug-likeness (QED) is 0.370. The molecule has 0 saturated carbocycles. The van der Waals surface area contributed by atoms with Gasteiger partial charge in [0.05, 0.1) is 9.79 Å². The van der Waals surface area contributed by atoms with Gasteiger partial charge < -0.3 is 0 Å². The van der Waals surface area contributed by atoms with Crippen LogP contribution in [0.15, 0.2) is 9.79 Å². The van der Waals surface area contributed by atoms with Crippen LogP contribution in [0.25, 0.3) is 0 Å². The van der Waals surface area contributed by atoms with Gasteiger partial charge in [0.25, 0.3) is 0 Å². The lowest BCUT2D eigenvalue weighted by atomic mass is 10.3. The Morgan fingerprint density at radius 3 is 0.917 bits per heavy atom. The Morgan fingerprint density at radius 1 is 0.583 bits per heavy atom. The van der Waals surface area contributed by atoms with Crippen LogP contribution in [0, 0.1) is 23.3 Å². The predicted octanol–water partition coefficient (Wildman–Crippen LogP) is 2.82. The molecular formula is C6H2F4S2. The third-order valence-corrected chi connectivity index (χ3v) is 2.00. The zero-order valence-corrected chi connectivity index (χ0v) is 7.20. The number of hydrogen-bond acceptors (Lipinski definition) is 2. The van der Waals surface area contributed by atoms with Crippen LogP contribution in [0.1, 0.15) is 0 Å². The van der Waals surface area contributed by atoms with Gasteiger partial charge in [-0.2, -0.15) is 0 Å². The van der Waals surface area contributed by atoms with Crippen LogP contribution in [0.4, 0.5) is 17.6 Å². The standard InChI is InChI=1S/C6H2F4S2/c7-1-2(8)6(12)4(10)3(9)5(1)11/h11-12H. The maximum Gasteiger partial charge on any atom is 0.176 e. The van der Waals surface area contributed by atoms with Crippen LogP contribution in [0.5, 0.6) is 0 Å². The van der Waals surface area contributed by atoms with Gasteiger partial charge in [-0.1, -0.05) is 0 Å². The average Bonchev–Trinajstić information content (AvgIpc) is 2.08. The molecule has 0 fully saturated rings. The molecule has 1 aromatic carbocycles. The summed E-state index contributed by atoms with van der Waals surface area (Å²) < 4.78 is 50.1. The van der Waals surface area contributed by atoms with Crippen molar-refractivity contribution in [1.29, 1.82) is 0 Å². The minimum absolute atomic E-state index is 0.984. The Hall–Kier alpha value is -0.360. The summed E-state index contributed by atoms with van der Waals surface area (Å²) in [5.74, 6) is -6.16. The van der Waals surface area contributed by atoms with E-state index in [1.54, 1.807) is 0 Å². The zero-order valence-electron chi connectivity index (χ0n) is 5.41. The second kappa shape index (κ2) is 3.18. The van der Waals surface area contributed by atoms with Gasteiger partial charge in [0.1, 0.15) is 0 Å². The van der Waals surface area contributed by atoms with E-state index in [2.05, 4.69) is 25.3 Å². The van der Waals surface area contributed by atoms with Crippen LogP contribution < -0.4 is 0 Å². The minimum Gasteiger partial charge on any atom is -0.202 e. The van der Waals surface area contributed by atoms with Gasteiger partial charge in [-0.05, 0) is 0 Å². The van der Waals surface area contributed by atoms with Gasteiger partial charge in [0.2, 0.25) is 0 Å². The third-order valence-electron chi connectivity index (χ3n) is 1.22. The summed E-state index contributed by atoms with van der Waals surface area (Å²) >= 11 is 6.47. The first-order valence-corrected chi connectivity index (χ1v) is 3.60. The molecule has 0 unspecified atom stereocenters. The molecule has 0 spiro atoms. The highest BCUT2D eigenvalue weighted by Crippen LogP contribution is 2.28. The molecule has 1 aromatic rings. The second-order valence-corrected chi connectivity index (χ2v) is 2.85. The predicted molar refractivity (Wildman–Crippen MR) is 40.8 cm³/mol. The van der Waals surface area contributed by atoms with E-state index in [4.69, 9.17) is 0 Å². The lowest BCUT2D eigenvalue weighted by Gasteiger charge is -2.03. The molecule has 0 aromatic heterocycles. The molecule has 0 heterocycles. The zero-order chi connectivity index (χ0) is 9.46. The van der Waals surface area contributed by atoms with Crippen molar-refractivity contribution in [3.05, 3.63) is 23.3 Å². The van der Waals surface area contributed by atoms with Crippen LogP contribution in [0.2, 0.25) is 0 Å². The van der Waals surface area contributed by atoms with Crippen molar-refractivity contribution in [3.8, 4) is 0 Å². The van der Waals surface area contributed by atoms with Gasteiger partial charge in [-0.3, -0.25) is 0 Å². The highest BCUT2D eigenvalue weighted by Gasteiger charge is 2.21. The van der Waals surface area contributed by atoms with Crippen molar-refractivity contribution in [1.82, 2.24) is 0 Å². The molecule has 0 amide bonds. The van der Waals surface area contributed by atoms with E-state index in [9.17, 15) is 17.6 Å². The summed E-state index contributed by atoms with van der Waals surface area (Å²) in [7, 11) is 0. The Bertz CT molecular complexity index is 232. The van der Waals surface area contributed by atoms with Gasteiger partial charge in [-0.15, -0.1) is 25.3 Å². The summed E-state index contributed by atoms with van der Waals surface area (Å²) in [6, 6.07) is 0. The minimum atomic E-state index is -1.54. The highest BCUT2D eigenvalue weighted by atomic mass is 32.1. The van der Waals surface area contributed by atoms with Crippen LogP contribution in [-0.2, 0) is 0 Å². The first-order chi connectivity index (χ1) is 5.46. The molecule has 1 rings (SSSR count). The van der Waals surface area contributed by atoms with Gasteiger partial charge in [-0.25, -0.2) is 17.6 Å². The molecule has 0 aliphatic heterocycles. The lowest BCUT2D eigenvalue weighted by Crippen LogP contribution is -1.98. The fourth-order valence-electron chi connectivity index (χ4n) is 0.609. The van der Waals surface area contributed by atoms with Gasteiger partial charge >= 0.3 is 0 Å². The Kier molecular flexibility index (Phi) is 2.58. The number of halogens is 4. The summed E-state index contributed by atoms with van der Waals surface area (Å²) in [5, 5.41) is 0. The molecule has 0 aliphatic rings. The summed E-state index contributed by atoms with van der Waals surface area (Å²) in [4.78, 5) is -1.97. The molecule has 0 aliphatic carbocycles. The van der Waals surface area contributed by atoms with Crippen LogP contribution in [0.3, 0.4) is 0 Å². The molecule has 0 saturated heterocycles. The summed E-state index contributed by atoms with van der Waals surface area (Å²) in [5.41, 5.74) is 0. The second-order valence-electron chi connectivity index (χ2n) is 1.95.